The standard InChI is InChI=1S/C23H24ClN3O4/c1-31-20-9-8-17(24)12-18(20)22(29)25-10-5-11-27-19(14-25)23(30)26(15-21(27)28)13-16-6-3-2-4-7-16/h2-4,6-9,12,19H,5,10-11,13-15H2,1H3. The van der Waals surface area contributed by atoms with E-state index in [4.69, 9.17) is 16.3 Å². The number of ether oxygens (including phenoxy) is 1. The predicted octanol–water partition coefficient (Wildman–Crippen LogP) is 2.43. The van der Waals surface area contributed by atoms with E-state index in [-0.39, 0.29) is 30.8 Å². The molecule has 1 atom stereocenters. The van der Waals surface area contributed by atoms with Gasteiger partial charge >= 0.3 is 0 Å². The number of piperazine rings is 1. The molecule has 0 saturated carbocycles. The van der Waals surface area contributed by atoms with Crippen molar-refractivity contribution in [2.24, 2.45) is 0 Å². The molecule has 4 rings (SSSR count). The third kappa shape index (κ3) is 4.37. The minimum absolute atomic E-state index is 0.0558. The molecule has 2 aliphatic heterocycles. The summed E-state index contributed by atoms with van der Waals surface area (Å²) in [5.41, 5.74) is 1.31. The van der Waals surface area contributed by atoms with Crippen LogP contribution in [0.1, 0.15) is 22.3 Å². The van der Waals surface area contributed by atoms with Gasteiger partial charge in [0.2, 0.25) is 11.8 Å². The first-order chi connectivity index (χ1) is 15.0. The lowest BCUT2D eigenvalue weighted by atomic mass is 10.1. The molecular weight excluding hydrogens is 418 g/mol. The molecule has 0 aliphatic carbocycles. The second-order valence-corrected chi connectivity index (χ2v) is 8.17. The summed E-state index contributed by atoms with van der Waals surface area (Å²) in [7, 11) is 1.50. The van der Waals surface area contributed by atoms with Crippen LogP contribution in [-0.2, 0) is 16.1 Å². The summed E-state index contributed by atoms with van der Waals surface area (Å²) in [6, 6.07) is 13.8. The van der Waals surface area contributed by atoms with E-state index in [0.29, 0.717) is 42.4 Å². The molecular formula is C23H24ClN3O4. The number of benzene rings is 2. The fourth-order valence-corrected chi connectivity index (χ4v) is 4.35. The lowest BCUT2D eigenvalue weighted by molar-refractivity contribution is -0.156. The molecule has 0 spiro atoms. The number of fused-ring (bicyclic) bond motifs is 1. The lowest BCUT2D eigenvalue weighted by Crippen LogP contribution is -2.61. The maximum absolute atomic E-state index is 13.3. The zero-order valence-electron chi connectivity index (χ0n) is 17.3. The molecule has 7 nitrogen and oxygen atoms in total. The first kappa shape index (κ1) is 21.2. The number of nitrogens with zero attached hydrogens (tertiary/aromatic N) is 3. The van der Waals surface area contributed by atoms with Crippen LogP contribution in [0.2, 0.25) is 5.02 Å². The molecule has 2 aromatic carbocycles. The smallest absolute Gasteiger partial charge is 0.257 e. The summed E-state index contributed by atoms with van der Waals surface area (Å²) in [6.07, 6.45) is 0.600. The molecule has 0 aromatic heterocycles. The van der Waals surface area contributed by atoms with E-state index >= 15 is 0 Å². The van der Waals surface area contributed by atoms with E-state index in [0.717, 1.165) is 5.56 Å². The van der Waals surface area contributed by atoms with Crippen LogP contribution in [-0.4, -0.2) is 71.8 Å². The summed E-state index contributed by atoms with van der Waals surface area (Å²) in [5.74, 6) is -0.0646. The molecule has 3 amide bonds. The summed E-state index contributed by atoms with van der Waals surface area (Å²) >= 11 is 6.10. The monoisotopic (exact) mass is 441 g/mol. The van der Waals surface area contributed by atoms with Gasteiger partial charge in [-0.3, -0.25) is 14.4 Å². The minimum Gasteiger partial charge on any atom is -0.496 e. The van der Waals surface area contributed by atoms with Crippen molar-refractivity contribution >= 4 is 29.3 Å². The lowest BCUT2D eigenvalue weighted by Gasteiger charge is -2.40. The molecule has 2 aromatic rings. The third-order valence-corrected chi connectivity index (χ3v) is 5.97. The Morgan fingerprint density at radius 2 is 1.90 bits per heavy atom. The zero-order chi connectivity index (χ0) is 22.0. The van der Waals surface area contributed by atoms with E-state index in [1.807, 2.05) is 30.3 Å². The number of carbonyl (C=O) groups excluding carboxylic acids is 3. The van der Waals surface area contributed by atoms with Crippen molar-refractivity contribution in [2.45, 2.75) is 19.0 Å². The Morgan fingerprint density at radius 1 is 1.13 bits per heavy atom. The van der Waals surface area contributed by atoms with Gasteiger partial charge in [-0.05, 0) is 30.2 Å². The average Bonchev–Trinajstić information content (AvgIpc) is 3.01. The van der Waals surface area contributed by atoms with Crippen LogP contribution in [0.4, 0.5) is 0 Å². The maximum Gasteiger partial charge on any atom is 0.257 e. The van der Waals surface area contributed by atoms with Crippen molar-refractivity contribution in [1.29, 1.82) is 0 Å². The van der Waals surface area contributed by atoms with Crippen LogP contribution in [0.3, 0.4) is 0 Å². The molecule has 162 valence electrons. The van der Waals surface area contributed by atoms with Gasteiger partial charge in [0.1, 0.15) is 18.3 Å². The van der Waals surface area contributed by atoms with E-state index in [9.17, 15) is 14.4 Å². The van der Waals surface area contributed by atoms with Crippen molar-refractivity contribution in [2.75, 3.05) is 33.3 Å². The second kappa shape index (κ2) is 8.98. The average molecular weight is 442 g/mol. The minimum atomic E-state index is -0.693. The fraction of sp³-hybridized carbons (Fsp3) is 0.348. The van der Waals surface area contributed by atoms with E-state index < -0.39 is 6.04 Å². The molecule has 0 radical (unpaired) electrons. The summed E-state index contributed by atoms with van der Waals surface area (Å²) < 4.78 is 5.33. The number of carbonyl (C=O) groups is 3. The number of halogens is 1. The van der Waals surface area contributed by atoms with Gasteiger partial charge in [0.15, 0.2) is 0 Å². The normalized spacial score (nSPS) is 19.2. The number of amides is 3. The topological polar surface area (TPSA) is 70.2 Å². The Hall–Kier alpha value is -3.06. The molecule has 2 saturated heterocycles. The SMILES string of the molecule is COc1ccc(Cl)cc1C(=O)N1CCCN2C(=O)CN(Cc3ccccc3)C(=O)C2C1. The van der Waals surface area contributed by atoms with Gasteiger partial charge in [-0.2, -0.15) is 0 Å². The maximum atomic E-state index is 13.3. The molecule has 31 heavy (non-hydrogen) atoms. The van der Waals surface area contributed by atoms with Crippen molar-refractivity contribution < 1.29 is 19.1 Å². The Bertz CT molecular complexity index is 998. The zero-order valence-corrected chi connectivity index (χ0v) is 18.0. The van der Waals surface area contributed by atoms with Crippen molar-refractivity contribution in [1.82, 2.24) is 14.7 Å². The Labute approximate surface area is 186 Å². The van der Waals surface area contributed by atoms with Gasteiger partial charge in [0, 0.05) is 24.7 Å². The fourth-order valence-electron chi connectivity index (χ4n) is 4.18. The Balaban J connectivity index is 1.57. The van der Waals surface area contributed by atoms with Crippen LogP contribution in [0.5, 0.6) is 5.75 Å². The second-order valence-electron chi connectivity index (χ2n) is 7.73. The van der Waals surface area contributed by atoms with E-state index in [1.165, 1.54) is 7.11 Å². The largest absolute Gasteiger partial charge is 0.496 e. The highest BCUT2D eigenvalue weighted by Gasteiger charge is 2.42. The van der Waals surface area contributed by atoms with Crippen LogP contribution in [0.25, 0.3) is 0 Å². The van der Waals surface area contributed by atoms with Crippen LogP contribution >= 0.6 is 11.6 Å². The van der Waals surface area contributed by atoms with Crippen LogP contribution < -0.4 is 4.74 Å². The number of hydrogen-bond donors (Lipinski definition) is 0. The molecule has 0 bridgehead atoms. The predicted molar refractivity (Wildman–Crippen MR) is 116 cm³/mol. The van der Waals surface area contributed by atoms with Crippen LogP contribution in [0.15, 0.2) is 48.5 Å². The highest BCUT2D eigenvalue weighted by molar-refractivity contribution is 6.31. The van der Waals surface area contributed by atoms with Crippen molar-refractivity contribution in [3.8, 4) is 5.75 Å². The Morgan fingerprint density at radius 3 is 2.65 bits per heavy atom. The first-order valence-corrected chi connectivity index (χ1v) is 10.6. The quantitative estimate of drug-likeness (QED) is 0.730. The third-order valence-electron chi connectivity index (χ3n) is 5.74. The summed E-state index contributed by atoms with van der Waals surface area (Å²) in [5, 5.41) is 0.429. The van der Waals surface area contributed by atoms with Gasteiger partial charge in [0.25, 0.3) is 5.91 Å². The molecule has 2 fully saturated rings. The highest BCUT2D eigenvalue weighted by Crippen LogP contribution is 2.26. The van der Waals surface area contributed by atoms with Gasteiger partial charge in [0.05, 0.1) is 19.2 Å². The van der Waals surface area contributed by atoms with Crippen molar-refractivity contribution in [3.63, 3.8) is 0 Å². The van der Waals surface area contributed by atoms with Gasteiger partial charge in [-0.15, -0.1) is 0 Å². The number of methoxy groups -OCH3 is 1. The molecule has 8 heteroatoms. The van der Waals surface area contributed by atoms with Gasteiger partial charge in [-0.1, -0.05) is 41.9 Å². The van der Waals surface area contributed by atoms with Crippen molar-refractivity contribution in [3.05, 3.63) is 64.7 Å². The first-order valence-electron chi connectivity index (χ1n) is 10.2. The number of hydrogen-bond acceptors (Lipinski definition) is 4. The van der Waals surface area contributed by atoms with E-state index in [1.54, 1.807) is 32.9 Å². The number of rotatable bonds is 4. The van der Waals surface area contributed by atoms with Crippen LogP contribution in [0, 0.1) is 0 Å². The molecule has 1 unspecified atom stereocenters. The van der Waals surface area contributed by atoms with E-state index in [2.05, 4.69) is 0 Å². The highest BCUT2D eigenvalue weighted by atomic mass is 35.5. The summed E-state index contributed by atoms with van der Waals surface area (Å²) in [4.78, 5) is 44.2. The Kier molecular flexibility index (Phi) is 6.13. The van der Waals surface area contributed by atoms with Gasteiger partial charge < -0.3 is 19.4 Å². The molecule has 2 aliphatic rings. The summed E-state index contributed by atoms with van der Waals surface area (Å²) in [6.45, 7) is 1.46. The molecule has 2 heterocycles. The van der Waals surface area contributed by atoms with Gasteiger partial charge in [-0.25, -0.2) is 0 Å². The molecule has 0 N–H and O–H groups in total.